The number of carbonyl (C=O) groups excluding carboxylic acids is 1. The van der Waals surface area contributed by atoms with E-state index in [0.717, 1.165) is 122 Å². The lowest BCUT2D eigenvalue weighted by Gasteiger charge is -2.48. The van der Waals surface area contributed by atoms with E-state index in [1.54, 1.807) is 6.08 Å². The average Bonchev–Trinajstić information content (AvgIpc) is 0.755. The van der Waals surface area contributed by atoms with E-state index in [2.05, 4.69) is 165 Å². The molecule has 3 fully saturated rings. The number of nitrogens with one attached hydrogen (secondary N) is 1. The molecule has 3 rings (SSSR count). The number of aliphatic hydroxyl groups excluding tert-OH is 11. The number of carbonyl (C=O) groups is 1. The Balaban J connectivity index is 1.34. The zero-order chi connectivity index (χ0) is 73.9. The molecule has 17 atom stereocenters. The van der Waals surface area contributed by atoms with Crippen molar-refractivity contribution in [3.63, 3.8) is 0 Å². The van der Waals surface area contributed by atoms with Gasteiger partial charge in [0, 0.05) is 6.42 Å². The third-order valence-electron chi connectivity index (χ3n) is 18.0. The largest absolute Gasteiger partial charge is 0.394 e. The Morgan fingerprint density at radius 1 is 0.363 bits per heavy atom. The second-order valence-electron chi connectivity index (χ2n) is 26.7. The van der Waals surface area contributed by atoms with Crippen LogP contribution in [0.1, 0.15) is 226 Å². The van der Waals surface area contributed by atoms with Crippen molar-refractivity contribution in [2.24, 2.45) is 0 Å². The summed E-state index contributed by atoms with van der Waals surface area (Å²) in [5.74, 6) is -0.301. The summed E-state index contributed by atoms with van der Waals surface area (Å²) >= 11 is 0. The Hall–Kier alpha value is -4.59. The van der Waals surface area contributed by atoms with Crippen LogP contribution in [0.4, 0.5) is 0 Å². The van der Waals surface area contributed by atoms with Gasteiger partial charge in [0.15, 0.2) is 18.9 Å². The minimum absolute atomic E-state index is 0.216. The topological polar surface area (TPSA) is 307 Å². The fraction of sp³-hybridized carbons (Fsp3) is 0.675. The first-order valence-electron chi connectivity index (χ1n) is 38.7. The van der Waals surface area contributed by atoms with Gasteiger partial charge in [-0.3, -0.25) is 4.79 Å². The maximum Gasteiger partial charge on any atom is 0.220 e. The van der Waals surface area contributed by atoms with Gasteiger partial charge in [-0.25, -0.2) is 0 Å². The summed E-state index contributed by atoms with van der Waals surface area (Å²) in [7, 11) is 0. The standard InChI is InChI=1S/C83H135NO18/c1-3-5-7-9-11-13-15-17-19-21-22-23-24-25-26-27-28-29-30-31-32-33-34-35-36-37-38-39-40-41-42-43-44-45-47-49-51-53-55-57-59-61-71(89)84-66(67(88)60-58-56-54-52-50-48-46-20-18-16-14-12-10-8-6-4-2)65-97-81-77(95)74(92)79(69(63-86)99-81)102-83-78(96)75(93)80(70(64-87)100-83)101-82-76(94)73(91)72(90)68(62-85)98-82/h5,7,11,13,17-20,22-23,25-26,28-29,31-32,34-35,37-38,40-41,50,52,58,60,66-70,72-83,85-88,90-96H,3-4,6,8-10,12,14-16,21,24,27,30,33,36,39,42-49,51,53-57,59,61-65H2,1-2H3,(H,84,89)/b7-5-,13-11-,19-17-,20-18+,23-22-,26-25-,29-28-,32-31-,35-34-,38-37-,41-40-,52-50+,60-58+. The van der Waals surface area contributed by atoms with Crippen molar-refractivity contribution in [2.75, 3.05) is 26.4 Å². The summed E-state index contributed by atoms with van der Waals surface area (Å²) in [6.07, 6.45) is 63.7. The van der Waals surface area contributed by atoms with E-state index in [0.29, 0.717) is 12.8 Å². The Labute approximate surface area is 612 Å². The Morgan fingerprint density at radius 2 is 0.686 bits per heavy atom. The molecule has 0 aromatic carbocycles. The summed E-state index contributed by atoms with van der Waals surface area (Å²) < 4.78 is 34.3. The van der Waals surface area contributed by atoms with Crippen LogP contribution in [-0.4, -0.2) is 193 Å². The van der Waals surface area contributed by atoms with E-state index in [1.807, 2.05) is 6.08 Å². The van der Waals surface area contributed by atoms with E-state index in [4.69, 9.17) is 28.4 Å². The Bertz CT molecular complexity index is 2460. The molecular formula is C83H135NO18. The lowest BCUT2D eigenvalue weighted by atomic mass is 9.96. The molecular weight excluding hydrogens is 1300 g/mol. The highest BCUT2D eigenvalue weighted by molar-refractivity contribution is 5.76. The van der Waals surface area contributed by atoms with Gasteiger partial charge in [0.2, 0.25) is 5.91 Å². The second kappa shape index (κ2) is 61.6. The van der Waals surface area contributed by atoms with E-state index in [1.165, 1.54) is 70.6 Å². The van der Waals surface area contributed by atoms with Gasteiger partial charge in [0.25, 0.3) is 0 Å². The van der Waals surface area contributed by atoms with Crippen molar-refractivity contribution >= 4 is 5.91 Å². The van der Waals surface area contributed by atoms with Crippen molar-refractivity contribution in [3.05, 3.63) is 158 Å². The van der Waals surface area contributed by atoms with Crippen molar-refractivity contribution in [2.45, 2.75) is 330 Å². The molecule has 0 aromatic rings. The average molecular weight is 1430 g/mol. The summed E-state index contributed by atoms with van der Waals surface area (Å²) in [5.41, 5.74) is 0. The first-order chi connectivity index (χ1) is 49.8. The summed E-state index contributed by atoms with van der Waals surface area (Å²) in [5, 5.41) is 121. The molecule has 0 bridgehead atoms. The van der Waals surface area contributed by atoms with Gasteiger partial charge >= 0.3 is 0 Å². The number of unbranched alkanes of at least 4 members (excludes halogenated alkanes) is 18. The van der Waals surface area contributed by atoms with Crippen molar-refractivity contribution in [1.29, 1.82) is 0 Å². The first kappa shape index (κ1) is 91.6. The van der Waals surface area contributed by atoms with Gasteiger partial charge in [-0.15, -0.1) is 0 Å². The molecule has 0 aromatic heterocycles. The number of amides is 1. The van der Waals surface area contributed by atoms with Crippen LogP contribution in [0.3, 0.4) is 0 Å². The third-order valence-corrected chi connectivity index (χ3v) is 18.0. The van der Waals surface area contributed by atoms with Crippen molar-refractivity contribution in [1.82, 2.24) is 5.32 Å². The van der Waals surface area contributed by atoms with Gasteiger partial charge in [-0.2, -0.15) is 0 Å². The van der Waals surface area contributed by atoms with Crippen LogP contribution in [0.5, 0.6) is 0 Å². The van der Waals surface area contributed by atoms with Crippen LogP contribution < -0.4 is 5.32 Å². The number of ether oxygens (including phenoxy) is 6. The molecule has 580 valence electrons. The lowest BCUT2D eigenvalue weighted by Crippen LogP contribution is -2.66. The van der Waals surface area contributed by atoms with Gasteiger partial charge in [-0.05, 0) is 122 Å². The molecule has 1 amide bonds. The molecule has 19 nitrogen and oxygen atoms in total. The number of hydrogen-bond donors (Lipinski definition) is 12. The molecule has 3 aliphatic rings. The maximum atomic E-state index is 13.4. The van der Waals surface area contributed by atoms with Crippen LogP contribution in [0.2, 0.25) is 0 Å². The SMILES string of the molecule is CC/C=C\C/C=C\C/C=C\C/C=C\C/C=C\C/C=C\C/C=C\C/C=C\C/C=C\C/C=C\CCCCCCCCCCCCC(=O)NC(COC1OC(CO)C(OC2OC(CO)C(OC3OC(CO)C(O)C(O)C3O)C(O)C2O)C(O)C1O)C(O)/C=C/CC/C=C/CC/C=C/CCCCCCCC. The highest BCUT2D eigenvalue weighted by Crippen LogP contribution is 2.33. The molecule has 0 radical (unpaired) electrons. The molecule has 3 saturated heterocycles. The molecule has 3 aliphatic heterocycles. The molecule has 102 heavy (non-hydrogen) atoms. The minimum atomic E-state index is -1.99. The predicted octanol–water partition coefficient (Wildman–Crippen LogP) is 12.4. The van der Waals surface area contributed by atoms with Gasteiger partial charge in [-0.1, -0.05) is 255 Å². The highest BCUT2D eigenvalue weighted by Gasteiger charge is 2.53. The number of rotatable bonds is 58. The van der Waals surface area contributed by atoms with Crippen LogP contribution in [0.15, 0.2) is 158 Å². The van der Waals surface area contributed by atoms with E-state index in [9.17, 15) is 61.0 Å². The van der Waals surface area contributed by atoms with E-state index in [-0.39, 0.29) is 18.9 Å². The van der Waals surface area contributed by atoms with E-state index < -0.39 is 124 Å². The lowest BCUT2D eigenvalue weighted by molar-refractivity contribution is -0.379. The molecule has 0 spiro atoms. The monoisotopic (exact) mass is 1430 g/mol. The summed E-state index contributed by atoms with van der Waals surface area (Å²) in [4.78, 5) is 13.4. The second-order valence-corrected chi connectivity index (χ2v) is 26.7. The molecule has 19 heteroatoms. The molecule has 0 aliphatic carbocycles. The normalized spacial score (nSPS) is 27.1. The molecule has 0 saturated carbocycles. The van der Waals surface area contributed by atoms with Gasteiger partial charge in [0.05, 0.1) is 38.6 Å². The molecule has 12 N–H and O–H groups in total. The van der Waals surface area contributed by atoms with E-state index >= 15 is 0 Å². The summed E-state index contributed by atoms with van der Waals surface area (Å²) in [6, 6.07) is -1.01. The smallest absolute Gasteiger partial charge is 0.220 e. The zero-order valence-electron chi connectivity index (χ0n) is 61.8. The number of hydrogen-bond acceptors (Lipinski definition) is 18. The Morgan fingerprint density at radius 3 is 1.10 bits per heavy atom. The summed E-state index contributed by atoms with van der Waals surface area (Å²) in [6.45, 7) is 1.56. The van der Waals surface area contributed by atoms with Gasteiger partial charge < -0.3 is 89.9 Å². The predicted molar refractivity (Wildman–Crippen MR) is 405 cm³/mol. The fourth-order valence-electron chi connectivity index (χ4n) is 11.8. The fourth-order valence-corrected chi connectivity index (χ4v) is 11.8. The number of aliphatic hydroxyl groups is 11. The van der Waals surface area contributed by atoms with Crippen LogP contribution >= 0.6 is 0 Å². The van der Waals surface area contributed by atoms with Crippen molar-refractivity contribution < 1.29 is 89.4 Å². The highest BCUT2D eigenvalue weighted by atomic mass is 16.8. The van der Waals surface area contributed by atoms with Crippen LogP contribution in [0, 0.1) is 0 Å². The van der Waals surface area contributed by atoms with Crippen LogP contribution in [-0.2, 0) is 33.2 Å². The quantitative estimate of drug-likeness (QED) is 0.0199. The molecule has 17 unspecified atom stereocenters. The first-order valence-corrected chi connectivity index (χ1v) is 38.7. The molecule has 3 heterocycles. The Kier molecular flexibility index (Phi) is 55.3. The van der Waals surface area contributed by atoms with Crippen LogP contribution in [0.25, 0.3) is 0 Å². The minimum Gasteiger partial charge on any atom is -0.394 e. The van der Waals surface area contributed by atoms with Gasteiger partial charge in [0.1, 0.15) is 73.2 Å². The van der Waals surface area contributed by atoms with Crippen molar-refractivity contribution in [3.8, 4) is 0 Å². The number of allylic oxidation sites excluding steroid dienone is 25. The zero-order valence-corrected chi connectivity index (χ0v) is 61.8. The maximum absolute atomic E-state index is 13.4. The third kappa shape index (κ3) is 41.3.